The Morgan fingerprint density at radius 2 is 0.615 bits per heavy atom. The molecule has 0 aliphatic rings. The van der Waals surface area contributed by atoms with Gasteiger partial charge in [0.25, 0.3) is 0 Å². The predicted molar refractivity (Wildman–Crippen MR) is 243 cm³/mol. The van der Waals surface area contributed by atoms with E-state index in [1.807, 2.05) is 0 Å². The summed E-state index contributed by atoms with van der Waals surface area (Å²) in [5.74, 6) is 1.61. The van der Waals surface area contributed by atoms with Gasteiger partial charge in [-0.25, -0.2) is 0 Å². The zero-order valence-electron chi connectivity index (χ0n) is 34.6. The van der Waals surface area contributed by atoms with Gasteiger partial charge in [-0.1, -0.05) is 232 Å². The van der Waals surface area contributed by atoms with Crippen molar-refractivity contribution < 1.29 is 0 Å². The van der Waals surface area contributed by atoms with Crippen LogP contribution in [0.3, 0.4) is 0 Å². The number of halogens is 2. The molecule has 0 radical (unpaired) electrons. The second-order valence-electron chi connectivity index (χ2n) is 16.8. The molecule has 0 N–H and O–H groups in total. The molecule has 0 bridgehead atoms. The van der Waals surface area contributed by atoms with Crippen molar-refractivity contribution in [3.8, 4) is 0 Å². The number of hydrogen-bond donors (Lipinski definition) is 0. The van der Waals surface area contributed by atoms with Crippen molar-refractivity contribution in [1.29, 1.82) is 0 Å². The maximum atomic E-state index is 4.14. The Balaban J connectivity index is 1.73. The molecule has 3 aromatic carbocycles. The number of benzene rings is 3. The molecular formula is C50H80Br2. The van der Waals surface area contributed by atoms with Crippen LogP contribution in [0.1, 0.15) is 219 Å². The predicted octanol–water partition coefficient (Wildman–Crippen LogP) is 18.8. The summed E-state index contributed by atoms with van der Waals surface area (Å²) in [6.07, 6.45) is 41.6. The van der Waals surface area contributed by atoms with Gasteiger partial charge in [0.1, 0.15) is 0 Å². The molecule has 2 heteroatoms. The Morgan fingerprint density at radius 1 is 0.346 bits per heavy atom. The standard InChI is InChI=1S/C50H80Br2/c1-5-9-13-17-21-25-29-41(30-26-22-18-14-10-6-2)37-43-33-35-45-47(39-43)49(51)46-36-34-44(40-48(46)50(45)52)38-42(31-27-23-19-15-11-7-3)32-28-24-20-16-12-8-4/h33-36,39-42H,5-32,37-38H2,1-4H3. The molecule has 0 aliphatic carbocycles. The minimum absolute atomic E-state index is 0.806. The molecule has 3 rings (SSSR count). The Bertz CT molecular complexity index is 1210. The van der Waals surface area contributed by atoms with Crippen LogP contribution in [0.15, 0.2) is 45.3 Å². The maximum absolute atomic E-state index is 4.14. The summed E-state index contributed by atoms with van der Waals surface area (Å²) < 4.78 is 2.54. The monoisotopic (exact) mass is 838 g/mol. The summed E-state index contributed by atoms with van der Waals surface area (Å²) in [5, 5.41) is 5.43. The molecule has 52 heavy (non-hydrogen) atoms. The quantitative estimate of drug-likeness (QED) is 0.0434. The van der Waals surface area contributed by atoms with Crippen LogP contribution in [0.4, 0.5) is 0 Å². The maximum Gasteiger partial charge on any atom is 0.0333 e. The Hall–Kier alpha value is -0.860. The molecule has 0 saturated carbocycles. The third-order valence-electron chi connectivity index (χ3n) is 12.0. The lowest BCUT2D eigenvalue weighted by Crippen LogP contribution is -2.06. The normalized spacial score (nSPS) is 12.0. The lowest BCUT2D eigenvalue weighted by molar-refractivity contribution is 0.401. The van der Waals surface area contributed by atoms with Crippen LogP contribution in [0.25, 0.3) is 21.5 Å². The van der Waals surface area contributed by atoms with E-state index in [4.69, 9.17) is 0 Å². The highest BCUT2D eigenvalue weighted by Gasteiger charge is 2.17. The van der Waals surface area contributed by atoms with Gasteiger partial charge in [0.15, 0.2) is 0 Å². The number of hydrogen-bond acceptors (Lipinski definition) is 0. The summed E-state index contributed by atoms with van der Waals surface area (Å²) in [6.45, 7) is 9.29. The zero-order chi connectivity index (χ0) is 37.2. The van der Waals surface area contributed by atoms with E-state index in [-0.39, 0.29) is 0 Å². The van der Waals surface area contributed by atoms with Crippen LogP contribution in [-0.4, -0.2) is 0 Å². The van der Waals surface area contributed by atoms with Crippen molar-refractivity contribution in [2.75, 3.05) is 0 Å². The summed E-state index contributed by atoms with van der Waals surface area (Å²) in [6, 6.07) is 14.8. The summed E-state index contributed by atoms with van der Waals surface area (Å²) in [5.41, 5.74) is 3.04. The second kappa shape index (κ2) is 28.5. The van der Waals surface area contributed by atoms with Crippen LogP contribution in [0.2, 0.25) is 0 Å². The van der Waals surface area contributed by atoms with Crippen molar-refractivity contribution in [1.82, 2.24) is 0 Å². The van der Waals surface area contributed by atoms with Crippen molar-refractivity contribution in [3.05, 3.63) is 56.5 Å². The van der Waals surface area contributed by atoms with E-state index in [1.165, 1.54) is 234 Å². The molecule has 0 nitrogen and oxygen atoms in total. The minimum atomic E-state index is 0.806. The molecule has 0 unspecified atom stereocenters. The number of fused-ring (bicyclic) bond motifs is 2. The van der Waals surface area contributed by atoms with Gasteiger partial charge in [0, 0.05) is 8.95 Å². The number of rotatable bonds is 32. The van der Waals surface area contributed by atoms with Crippen molar-refractivity contribution >= 4 is 53.4 Å². The Kier molecular flexibility index (Phi) is 25.0. The molecule has 0 spiro atoms. The molecule has 0 aliphatic heterocycles. The smallest absolute Gasteiger partial charge is 0.0333 e. The van der Waals surface area contributed by atoms with E-state index in [9.17, 15) is 0 Å². The second-order valence-corrected chi connectivity index (χ2v) is 18.3. The van der Waals surface area contributed by atoms with Gasteiger partial charge in [-0.15, -0.1) is 0 Å². The highest BCUT2D eigenvalue weighted by Crippen LogP contribution is 2.41. The minimum Gasteiger partial charge on any atom is -0.0654 e. The number of unbranched alkanes of at least 4 members (excludes halogenated alkanes) is 20. The van der Waals surface area contributed by atoms with Gasteiger partial charge in [-0.2, -0.15) is 0 Å². The van der Waals surface area contributed by atoms with Crippen molar-refractivity contribution in [2.45, 2.75) is 220 Å². The first-order chi connectivity index (χ1) is 25.5. The van der Waals surface area contributed by atoms with E-state index in [0.717, 1.165) is 11.8 Å². The first-order valence-corrected chi connectivity index (χ1v) is 24.4. The SMILES string of the molecule is CCCCCCCCC(CCCCCCCC)Cc1ccc2c(Br)c3cc(CC(CCCCCCCC)CCCCCCCC)ccc3c(Br)c2c1. The third-order valence-corrected chi connectivity index (χ3v) is 13.7. The zero-order valence-corrected chi connectivity index (χ0v) is 37.8. The molecule has 3 aromatic rings. The molecule has 0 amide bonds. The summed E-state index contributed by atoms with van der Waals surface area (Å²) in [7, 11) is 0. The third kappa shape index (κ3) is 17.3. The molecule has 0 fully saturated rings. The van der Waals surface area contributed by atoms with E-state index in [1.54, 1.807) is 0 Å². The van der Waals surface area contributed by atoms with Gasteiger partial charge in [-0.05, 0) is 101 Å². The van der Waals surface area contributed by atoms with Gasteiger partial charge in [-0.3, -0.25) is 0 Å². The van der Waals surface area contributed by atoms with Gasteiger partial charge in [0.05, 0.1) is 0 Å². The topological polar surface area (TPSA) is 0 Å². The summed E-state index contributed by atoms with van der Waals surface area (Å²) >= 11 is 8.27. The molecule has 0 heterocycles. The van der Waals surface area contributed by atoms with Gasteiger partial charge < -0.3 is 0 Å². The molecule has 0 saturated heterocycles. The van der Waals surface area contributed by atoms with E-state index >= 15 is 0 Å². The van der Waals surface area contributed by atoms with Crippen LogP contribution >= 0.6 is 31.9 Å². The highest BCUT2D eigenvalue weighted by molar-refractivity contribution is 9.11. The molecule has 0 aromatic heterocycles. The van der Waals surface area contributed by atoms with Gasteiger partial charge >= 0.3 is 0 Å². The molecule has 294 valence electrons. The van der Waals surface area contributed by atoms with Crippen LogP contribution in [0, 0.1) is 11.8 Å². The van der Waals surface area contributed by atoms with Crippen molar-refractivity contribution in [2.24, 2.45) is 11.8 Å². The average Bonchev–Trinajstić information content (AvgIpc) is 3.15. The highest BCUT2D eigenvalue weighted by atomic mass is 79.9. The first kappa shape index (κ1) is 45.5. The van der Waals surface area contributed by atoms with Gasteiger partial charge in [0.2, 0.25) is 0 Å². The largest absolute Gasteiger partial charge is 0.0654 e. The fourth-order valence-corrected chi connectivity index (χ4v) is 10.0. The average molecular weight is 841 g/mol. The van der Waals surface area contributed by atoms with Crippen LogP contribution in [0.5, 0.6) is 0 Å². The molecule has 0 atom stereocenters. The lowest BCUT2D eigenvalue weighted by atomic mass is 9.87. The van der Waals surface area contributed by atoms with Crippen molar-refractivity contribution in [3.63, 3.8) is 0 Å². The van der Waals surface area contributed by atoms with E-state index < -0.39 is 0 Å². The molecular weight excluding hydrogens is 760 g/mol. The van der Waals surface area contributed by atoms with Crippen LogP contribution < -0.4 is 0 Å². The Morgan fingerprint density at radius 3 is 0.904 bits per heavy atom. The Labute approximate surface area is 340 Å². The van der Waals surface area contributed by atoms with E-state index in [2.05, 4.69) is 96.0 Å². The fraction of sp³-hybridized carbons (Fsp3) is 0.720. The first-order valence-electron chi connectivity index (χ1n) is 22.8. The lowest BCUT2D eigenvalue weighted by Gasteiger charge is -2.19. The summed E-state index contributed by atoms with van der Waals surface area (Å²) in [4.78, 5) is 0. The van der Waals surface area contributed by atoms with E-state index in [0.29, 0.717) is 0 Å². The van der Waals surface area contributed by atoms with Crippen LogP contribution in [-0.2, 0) is 12.8 Å². The fourth-order valence-electron chi connectivity index (χ4n) is 8.69.